The Kier molecular flexibility index (Phi) is 3.95. The molecule has 0 aliphatic rings. The van der Waals surface area contributed by atoms with Crippen LogP contribution in [0.25, 0.3) is 5.69 Å². The van der Waals surface area contributed by atoms with Crippen LogP contribution in [0.3, 0.4) is 0 Å². The Labute approximate surface area is 111 Å². The number of alkyl halides is 2. The molecule has 0 unspecified atom stereocenters. The topological polar surface area (TPSA) is 29.9 Å². The molecule has 2 aromatic rings. The second-order valence-corrected chi connectivity index (χ2v) is 4.59. The first-order valence-electron chi connectivity index (χ1n) is 6.11. The molecule has 0 atom stereocenters. The first-order valence-corrected chi connectivity index (χ1v) is 6.11. The summed E-state index contributed by atoms with van der Waals surface area (Å²) in [5.74, 6) is 0. The second-order valence-electron chi connectivity index (χ2n) is 4.59. The normalized spacial score (nSPS) is 11.3. The summed E-state index contributed by atoms with van der Waals surface area (Å²) < 4.78 is 27.8. The van der Waals surface area contributed by atoms with Crippen molar-refractivity contribution in [1.29, 1.82) is 0 Å². The molecule has 3 nitrogen and oxygen atoms in total. The minimum absolute atomic E-state index is 0.0405. The predicted molar refractivity (Wildman–Crippen MR) is 70.8 cm³/mol. The molecule has 1 aromatic carbocycles. The molecule has 0 radical (unpaired) electrons. The number of nitrogens with one attached hydrogen (secondary N) is 1. The molecule has 0 fully saturated rings. The Hall–Kier alpha value is -1.75. The van der Waals surface area contributed by atoms with Gasteiger partial charge in [0.15, 0.2) is 0 Å². The van der Waals surface area contributed by atoms with E-state index in [4.69, 9.17) is 0 Å². The van der Waals surface area contributed by atoms with E-state index < -0.39 is 6.43 Å². The third kappa shape index (κ3) is 2.66. The summed E-state index contributed by atoms with van der Waals surface area (Å²) >= 11 is 0. The zero-order valence-corrected chi connectivity index (χ0v) is 11.2. The average molecular weight is 265 g/mol. The van der Waals surface area contributed by atoms with Gasteiger partial charge in [-0.3, -0.25) is 0 Å². The second kappa shape index (κ2) is 5.48. The highest BCUT2D eigenvalue weighted by atomic mass is 19.3. The molecule has 19 heavy (non-hydrogen) atoms. The van der Waals surface area contributed by atoms with Crippen molar-refractivity contribution in [3.63, 3.8) is 0 Å². The number of rotatable bonds is 4. The van der Waals surface area contributed by atoms with Crippen molar-refractivity contribution in [3.8, 4) is 5.69 Å². The summed E-state index contributed by atoms with van der Waals surface area (Å²) in [4.78, 5) is 0. The largest absolute Gasteiger partial charge is 0.316 e. The fourth-order valence-corrected chi connectivity index (χ4v) is 2.19. The zero-order chi connectivity index (χ0) is 14.0. The summed E-state index contributed by atoms with van der Waals surface area (Å²) in [5, 5.41) is 6.99. The van der Waals surface area contributed by atoms with Gasteiger partial charge in [0, 0.05) is 12.1 Å². The van der Waals surface area contributed by atoms with Crippen LogP contribution >= 0.6 is 0 Å². The maximum atomic E-state index is 13.3. The third-order valence-corrected chi connectivity index (χ3v) is 3.04. The number of nitrogens with zero attached hydrogens (tertiary/aromatic N) is 2. The molecule has 2 rings (SSSR count). The van der Waals surface area contributed by atoms with Crippen LogP contribution in [0.4, 0.5) is 8.78 Å². The Morgan fingerprint density at radius 3 is 2.63 bits per heavy atom. The van der Waals surface area contributed by atoms with Gasteiger partial charge in [-0.25, -0.2) is 13.5 Å². The van der Waals surface area contributed by atoms with E-state index in [0.29, 0.717) is 17.8 Å². The zero-order valence-electron chi connectivity index (χ0n) is 11.2. The monoisotopic (exact) mass is 265 g/mol. The minimum Gasteiger partial charge on any atom is -0.316 e. The maximum absolute atomic E-state index is 13.3. The summed E-state index contributed by atoms with van der Waals surface area (Å²) in [6.07, 6.45) is -1.05. The Morgan fingerprint density at radius 2 is 2.05 bits per heavy atom. The van der Waals surface area contributed by atoms with Crippen molar-refractivity contribution in [2.45, 2.75) is 26.8 Å². The van der Waals surface area contributed by atoms with E-state index in [1.165, 1.54) is 10.9 Å². The fourth-order valence-electron chi connectivity index (χ4n) is 2.19. The summed E-state index contributed by atoms with van der Waals surface area (Å²) in [7, 11) is 1.73. The first-order chi connectivity index (χ1) is 9.04. The molecule has 0 aliphatic heterocycles. The highest BCUT2D eigenvalue weighted by Gasteiger charge is 2.21. The molecule has 1 aromatic heterocycles. The van der Waals surface area contributed by atoms with Gasteiger partial charge in [0.1, 0.15) is 5.69 Å². The summed E-state index contributed by atoms with van der Waals surface area (Å²) in [6.45, 7) is 4.25. The molecule has 0 saturated heterocycles. The van der Waals surface area contributed by atoms with E-state index in [-0.39, 0.29) is 5.69 Å². The van der Waals surface area contributed by atoms with E-state index >= 15 is 0 Å². The van der Waals surface area contributed by atoms with E-state index in [9.17, 15) is 8.78 Å². The number of aryl methyl sites for hydroxylation is 2. The fraction of sp³-hybridized carbons (Fsp3) is 0.357. The lowest BCUT2D eigenvalue weighted by atomic mass is 10.1. The van der Waals surface area contributed by atoms with Gasteiger partial charge in [0.25, 0.3) is 6.43 Å². The van der Waals surface area contributed by atoms with Gasteiger partial charge < -0.3 is 5.32 Å². The molecule has 5 heteroatoms. The van der Waals surface area contributed by atoms with Crippen LogP contribution in [-0.2, 0) is 6.54 Å². The highest BCUT2D eigenvalue weighted by Crippen LogP contribution is 2.27. The van der Waals surface area contributed by atoms with Gasteiger partial charge in [0.05, 0.1) is 11.9 Å². The predicted octanol–water partition coefficient (Wildman–Crippen LogP) is 3.15. The minimum atomic E-state index is -2.55. The van der Waals surface area contributed by atoms with Crippen molar-refractivity contribution in [3.05, 3.63) is 46.8 Å². The van der Waals surface area contributed by atoms with Crippen LogP contribution in [-0.4, -0.2) is 16.8 Å². The van der Waals surface area contributed by atoms with Crippen LogP contribution in [0.1, 0.15) is 28.8 Å². The van der Waals surface area contributed by atoms with Gasteiger partial charge in [-0.05, 0) is 32.5 Å². The van der Waals surface area contributed by atoms with Crippen LogP contribution in [0.15, 0.2) is 24.4 Å². The Morgan fingerprint density at radius 1 is 1.32 bits per heavy atom. The molecule has 0 amide bonds. The maximum Gasteiger partial charge on any atom is 0.280 e. The molecule has 0 spiro atoms. The summed E-state index contributed by atoms with van der Waals surface area (Å²) in [6, 6.07) is 5.69. The van der Waals surface area contributed by atoms with Gasteiger partial charge in [-0.2, -0.15) is 5.10 Å². The van der Waals surface area contributed by atoms with Crippen LogP contribution in [0, 0.1) is 13.8 Å². The quantitative estimate of drug-likeness (QED) is 0.920. The van der Waals surface area contributed by atoms with Crippen molar-refractivity contribution in [2.24, 2.45) is 0 Å². The smallest absolute Gasteiger partial charge is 0.280 e. The number of hydrogen-bond donors (Lipinski definition) is 1. The van der Waals surface area contributed by atoms with Crippen LogP contribution in [0.2, 0.25) is 0 Å². The molecule has 0 bridgehead atoms. The first kappa shape index (κ1) is 13.7. The molecule has 0 aliphatic carbocycles. The van der Waals surface area contributed by atoms with E-state index in [1.807, 2.05) is 32.0 Å². The van der Waals surface area contributed by atoms with Gasteiger partial charge in [0.2, 0.25) is 0 Å². The Balaban J connectivity index is 2.55. The number of hydrogen-bond acceptors (Lipinski definition) is 2. The molecule has 1 N–H and O–H groups in total. The van der Waals surface area contributed by atoms with Crippen molar-refractivity contribution >= 4 is 0 Å². The Bertz CT molecular complexity index is 576. The van der Waals surface area contributed by atoms with Crippen molar-refractivity contribution in [1.82, 2.24) is 15.1 Å². The van der Waals surface area contributed by atoms with Crippen molar-refractivity contribution in [2.75, 3.05) is 7.05 Å². The molecule has 0 saturated carbocycles. The van der Waals surface area contributed by atoms with Crippen molar-refractivity contribution < 1.29 is 8.78 Å². The lowest BCUT2D eigenvalue weighted by molar-refractivity contribution is 0.141. The molecular formula is C14H17F2N3. The lowest BCUT2D eigenvalue weighted by Gasteiger charge is -2.12. The average Bonchev–Trinajstić information content (AvgIpc) is 2.73. The number of halogens is 2. The highest BCUT2D eigenvalue weighted by molar-refractivity contribution is 5.44. The third-order valence-electron chi connectivity index (χ3n) is 3.04. The molecular weight excluding hydrogens is 248 g/mol. The lowest BCUT2D eigenvalue weighted by Crippen LogP contribution is -2.10. The van der Waals surface area contributed by atoms with Gasteiger partial charge in [-0.15, -0.1) is 0 Å². The van der Waals surface area contributed by atoms with Crippen LogP contribution < -0.4 is 5.32 Å². The van der Waals surface area contributed by atoms with Gasteiger partial charge >= 0.3 is 0 Å². The van der Waals surface area contributed by atoms with Gasteiger partial charge in [-0.1, -0.05) is 17.7 Å². The summed E-state index contributed by atoms with van der Waals surface area (Å²) in [5.41, 5.74) is 3.21. The van der Waals surface area contributed by atoms with E-state index in [1.54, 1.807) is 7.05 Å². The number of aromatic nitrogens is 2. The van der Waals surface area contributed by atoms with Crippen LogP contribution in [0.5, 0.6) is 0 Å². The molecule has 102 valence electrons. The standard InChI is InChI=1S/C14H17F2N3/c1-9-4-5-12(10(2)6-9)19-13(14(15)16)11(7-17-3)8-18-19/h4-6,8,14,17H,7H2,1-3H3. The van der Waals surface area contributed by atoms with E-state index in [0.717, 1.165) is 11.1 Å². The SMILES string of the molecule is CNCc1cnn(-c2ccc(C)cc2C)c1C(F)F. The van der Waals surface area contributed by atoms with E-state index in [2.05, 4.69) is 10.4 Å². The molecule has 1 heterocycles. The number of benzene rings is 1.